The van der Waals surface area contributed by atoms with E-state index < -0.39 is 0 Å². The Kier molecular flexibility index (Phi) is 6.75. The molecule has 2 aliphatic rings. The van der Waals surface area contributed by atoms with E-state index >= 15 is 0 Å². The minimum absolute atomic E-state index is 0.406. The summed E-state index contributed by atoms with van der Waals surface area (Å²) in [7, 11) is 0. The van der Waals surface area contributed by atoms with Gasteiger partial charge in [-0.1, -0.05) is 27.2 Å². The topological polar surface area (TPSA) is 27.7 Å². The lowest BCUT2D eigenvalue weighted by Crippen LogP contribution is -2.53. The van der Waals surface area contributed by atoms with E-state index in [1.54, 1.807) is 0 Å². The van der Waals surface area contributed by atoms with Crippen LogP contribution in [0, 0.1) is 0 Å². The Bertz CT molecular complexity index is 272. The van der Waals surface area contributed by atoms with Crippen LogP contribution < -0.4 is 5.32 Å². The number of ether oxygens (including phenoxy) is 1. The van der Waals surface area contributed by atoms with Crippen molar-refractivity contribution in [2.75, 3.05) is 45.9 Å². The molecule has 2 unspecified atom stereocenters. The van der Waals surface area contributed by atoms with Crippen LogP contribution in [0.5, 0.6) is 0 Å². The second kappa shape index (κ2) is 8.32. The monoisotopic (exact) mass is 283 g/mol. The van der Waals surface area contributed by atoms with Gasteiger partial charge >= 0.3 is 0 Å². The number of nitrogens with zero attached hydrogens (tertiary/aromatic N) is 2. The Balaban J connectivity index is 1.81. The minimum Gasteiger partial charge on any atom is -0.374 e. The van der Waals surface area contributed by atoms with Crippen LogP contribution in [0.2, 0.25) is 0 Å². The molecule has 2 aliphatic heterocycles. The van der Waals surface area contributed by atoms with Gasteiger partial charge in [-0.25, -0.2) is 0 Å². The molecule has 0 radical (unpaired) electrons. The number of hydrogen-bond donors (Lipinski definition) is 1. The maximum atomic E-state index is 5.98. The lowest BCUT2D eigenvalue weighted by molar-refractivity contribution is -0.0506. The lowest BCUT2D eigenvalue weighted by atomic mass is 10.0. The number of rotatable bonds is 6. The summed E-state index contributed by atoms with van der Waals surface area (Å²) < 4.78 is 5.98. The van der Waals surface area contributed by atoms with Gasteiger partial charge in [0.25, 0.3) is 0 Å². The van der Waals surface area contributed by atoms with Gasteiger partial charge in [-0.05, 0) is 25.9 Å². The van der Waals surface area contributed by atoms with E-state index in [9.17, 15) is 0 Å². The largest absolute Gasteiger partial charge is 0.374 e. The van der Waals surface area contributed by atoms with E-state index in [4.69, 9.17) is 4.74 Å². The number of piperidine rings is 1. The summed E-state index contributed by atoms with van der Waals surface area (Å²) in [6.07, 6.45) is 4.48. The van der Waals surface area contributed by atoms with Gasteiger partial charge in [-0.2, -0.15) is 0 Å². The molecular formula is C16H33N3O. The first-order valence-electron chi connectivity index (χ1n) is 8.50. The highest BCUT2D eigenvalue weighted by atomic mass is 16.5. The Hall–Kier alpha value is -0.160. The maximum absolute atomic E-state index is 5.98. The molecule has 0 aromatic carbocycles. The summed E-state index contributed by atoms with van der Waals surface area (Å²) in [5.74, 6) is 0. The van der Waals surface area contributed by atoms with Crippen LogP contribution in [0.3, 0.4) is 0 Å². The van der Waals surface area contributed by atoms with Crippen molar-refractivity contribution in [2.45, 2.75) is 58.2 Å². The molecule has 0 aromatic rings. The first-order chi connectivity index (χ1) is 9.69. The van der Waals surface area contributed by atoms with Gasteiger partial charge in [0.2, 0.25) is 0 Å². The summed E-state index contributed by atoms with van der Waals surface area (Å²) >= 11 is 0. The average molecular weight is 283 g/mol. The summed E-state index contributed by atoms with van der Waals surface area (Å²) in [5, 5.41) is 3.61. The Morgan fingerprint density at radius 2 is 2.10 bits per heavy atom. The first kappa shape index (κ1) is 16.2. The molecule has 2 heterocycles. The summed E-state index contributed by atoms with van der Waals surface area (Å²) in [5.41, 5.74) is 0. The summed E-state index contributed by atoms with van der Waals surface area (Å²) in [6, 6.07) is 1.28. The molecule has 0 amide bonds. The molecule has 4 nitrogen and oxygen atoms in total. The zero-order valence-corrected chi connectivity index (χ0v) is 13.6. The van der Waals surface area contributed by atoms with Crippen molar-refractivity contribution in [2.24, 2.45) is 0 Å². The molecule has 0 aromatic heterocycles. The van der Waals surface area contributed by atoms with Crippen molar-refractivity contribution >= 4 is 0 Å². The number of nitrogens with one attached hydrogen (secondary N) is 1. The molecular weight excluding hydrogens is 250 g/mol. The molecule has 2 rings (SSSR count). The molecule has 2 fully saturated rings. The fourth-order valence-corrected chi connectivity index (χ4v) is 3.34. The van der Waals surface area contributed by atoms with E-state index in [0.717, 1.165) is 39.3 Å². The number of likely N-dealkylation sites (N-methyl/N-ethyl adjacent to an activating group) is 1. The van der Waals surface area contributed by atoms with Crippen LogP contribution in [-0.4, -0.2) is 73.9 Å². The van der Waals surface area contributed by atoms with Gasteiger partial charge in [-0.3, -0.25) is 9.80 Å². The quantitative estimate of drug-likeness (QED) is 0.801. The van der Waals surface area contributed by atoms with Crippen molar-refractivity contribution in [3.63, 3.8) is 0 Å². The smallest absolute Gasteiger partial charge is 0.0829 e. The van der Waals surface area contributed by atoms with Crippen molar-refractivity contribution < 1.29 is 4.74 Å². The van der Waals surface area contributed by atoms with E-state index in [1.807, 2.05) is 0 Å². The van der Waals surface area contributed by atoms with Gasteiger partial charge in [0.1, 0.15) is 0 Å². The zero-order chi connectivity index (χ0) is 14.4. The highest BCUT2D eigenvalue weighted by molar-refractivity contribution is 4.83. The third-order valence-corrected chi connectivity index (χ3v) is 4.62. The lowest BCUT2D eigenvalue weighted by Gasteiger charge is -2.40. The van der Waals surface area contributed by atoms with E-state index in [-0.39, 0.29) is 0 Å². The molecule has 0 spiro atoms. The number of morpholine rings is 1. The van der Waals surface area contributed by atoms with Crippen molar-refractivity contribution in [1.82, 2.24) is 15.1 Å². The van der Waals surface area contributed by atoms with Gasteiger partial charge in [0.15, 0.2) is 0 Å². The Morgan fingerprint density at radius 1 is 1.25 bits per heavy atom. The van der Waals surface area contributed by atoms with Crippen LogP contribution in [0.1, 0.15) is 40.0 Å². The van der Waals surface area contributed by atoms with Crippen molar-refractivity contribution in [3.05, 3.63) is 0 Å². The third-order valence-electron chi connectivity index (χ3n) is 4.62. The Labute approximate surface area is 124 Å². The SMILES string of the molecule is CCN1CCOC(CN2CCCCC2CNC(C)C)C1. The zero-order valence-electron chi connectivity index (χ0n) is 13.6. The number of hydrogen-bond acceptors (Lipinski definition) is 4. The van der Waals surface area contributed by atoms with E-state index in [2.05, 4.69) is 35.9 Å². The standard InChI is InChI=1S/C16H33N3O/c1-4-18-9-10-20-16(12-18)13-19-8-6-5-7-15(19)11-17-14(2)3/h14-17H,4-13H2,1-3H3. The van der Waals surface area contributed by atoms with Gasteiger partial charge in [0.05, 0.1) is 12.7 Å². The fourth-order valence-electron chi connectivity index (χ4n) is 3.34. The third kappa shape index (κ3) is 4.99. The molecule has 20 heavy (non-hydrogen) atoms. The van der Waals surface area contributed by atoms with Crippen LogP contribution >= 0.6 is 0 Å². The van der Waals surface area contributed by atoms with E-state index in [0.29, 0.717) is 18.2 Å². The second-order valence-corrected chi connectivity index (χ2v) is 6.59. The van der Waals surface area contributed by atoms with Crippen molar-refractivity contribution in [3.8, 4) is 0 Å². The molecule has 4 heteroatoms. The van der Waals surface area contributed by atoms with Gasteiger partial charge in [-0.15, -0.1) is 0 Å². The van der Waals surface area contributed by atoms with E-state index in [1.165, 1.54) is 25.8 Å². The molecule has 0 bridgehead atoms. The molecule has 0 saturated carbocycles. The Morgan fingerprint density at radius 3 is 2.85 bits per heavy atom. The van der Waals surface area contributed by atoms with Crippen LogP contribution in [0.25, 0.3) is 0 Å². The maximum Gasteiger partial charge on any atom is 0.0829 e. The predicted octanol–water partition coefficient (Wildman–Crippen LogP) is 1.56. The molecule has 118 valence electrons. The normalized spacial score (nSPS) is 30.0. The fraction of sp³-hybridized carbons (Fsp3) is 1.00. The van der Waals surface area contributed by atoms with Crippen LogP contribution in [0.4, 0.5) is 0 Å². The van der Waals surface area contributed by atoms with Crippen molar-refractivity contribution in [1.29, 1.82) is 0 Å². The van der Waals surface area contributed by atoms with Gasteiger partial charge in [0, 0.05) is 38.3 Å². The predicted molar refractivity (Wildman–Crippen MR) is 84.2 cm³/mol. The molecule has 2 atom stereocenters. The molecule has 0 aliphatic carbocycles. The first-order valence-corrected chi connectivity index (χ1v) is 8.50. The highest BCUT2D eigenvalue weighted by Gasteiger charge is 2.27. The number of likely N-dealkylation sites (tertiary alicyclic amines) is 1. The summed E-state index contributed by atoms with van der Waals surface area (Å²) in [4.78, 5) is 5.18. The average Bonchev–Trinajstić information content (AvgIpc) is 2.46. The van der Waals surface area contributed by atoms with Gasteiger partial charge < -0.3 is 10.1 Å². The highest BCUT2D eigenvalue weighted by Crippen LogP contribution is 2.18. The molecule has 1 N–H and O–H groups in total. The summed E-state index contributed by atoms with van der Waals surface area (Å²) in [6.45, 7) is 14.5. The second-order valence-electron chi connectivity index (χ2n) is 6.59. The minimum atomic E-state index is 0.406. The van der Waals surface area contributed by atoms with Crippen LogP contribution in [-0.2, 0) is 4.74 Å². The molecule has 2 saturated heterocycles. The van der Waals surface area contributed by atoms with Crippen LogP contribution in [0.15, 0.2) is 0 Å².